The van der Waals surface area contributed by atoms with Crippen molar-refractivity contribution in [2.45, 2.75) is 0 Å². The van der Waals surface area contributed by atoms with Crippen LogP contribution in [0.3, 0.4) is 0 Å². The SMILES string of the molecule is COC(=O)/N=C(SC)/C(=N/c1ccc(N)c(F)c1)c1cc(OC)c(OC)cc1F. The molecule has 0 aromatic heterocycles. The molecular formula is C19H19F2N3O4S. The van der Waals surface area contributed by atoms with Crippen LogP contribution in [-0.4, -0.2) is 44.4 Å². The molecule has 0 saturated heterocycles. The lowest BCUT2D eigenvalue weighted by Crippen LogP contribution is -2.16. The topological polar surface area (TPSA) is 95.5 Å². The van der Waals surface area contributed by atoms with Crippen LogP contribution in [0.25, 0.3) is 0 Å². The van der Waals surface area contributed by atoms with Crippen LogP contribution in [-0.2, 0) is 4.74 Å². The van der Waals surface area contributed by atoms with Crippen LogP contribution in [0.5, 0.6) is 11.5 Å². The Bertz CT molecular complexity index is 980. The van der Waals surface area contributed by atoms with E-state index in [0.717, 1.165) is 31.0 Å². The normalized spacial score (nSPS) is 11.9. The Hall–Kier alpha value is -3.14. The minimum absolute atomic E-state index is 0.0227. The zero-order valence-electron chi connectivity index (χ0n) is 16.2. The average molecular weight is 423 g/mol. The number of benzene rings is 2. The Morgan fingerprint density at radius 1 is 1.03 bits per heavy atom. The van der Waals surface area contributed by atoms with Crippen LogP contribution in [0.2, 0.25) is 0 Å². The van der Waals surface area contributed by atoms with Crippen molar-refractivity contribution in [3.05, 3.63) is 47.5 Å². The summed E-state index contributed by atoms with van der Waals surface area (Å²) < 4.78 is 43.6. The first-order valence-electron chi connectivity index (χ1n) is 8.11. The van der Waals surface area contributed by atoms with E-state index < -0.39 is 17.7 Å². The van der Waals surface area contributed by atoms with E-state index >= 15 is 0 Å². The van der Waals surface area contributed by atoms with Gasteiger partial charge in [0, 0.05) is 17.7 Å². The molecule has 0 atom stereocenters. The van der Waals surface area contributed by atoms with E-state index in [0.29, 0.717) is 0 Å². The summed E-state index contributed by atoms with van der Waals surface area (Å²) in [5, 5.41) is 0.0557. The largest absolute Gasteiger partial charge is 0.493 e. The summed E-state index contributed by atoms with van der Waals surface area (Å²) in [6.07, 6.45) is 0.728. The highest BCUT2D eigenvalue weighted by atomic mass is 32.2. The van der Waals surface area contributed by atoms with Crippen LogP contribution in [0.4, 0.5) is 25.0 Å². The molecule has 2 aromatic carbocycles. The van der Waals surface area contributed by atoms with Crippen LogP contribution < -0.4 is 15.2 Å². The Morgan fingerprint density at radius 3 is 2.24 bits per heavy atom. The molecule has 0 spiro atoms. The number of amides is 1. The Morgan fingerprint density at radius 2 is 1.69 bits per heavy atom. The average Bonchev–Trinajstić information content (AvgIpc) is 2.72. The van der Waals surface area contributed by atoms with Gasteiger partial charge in [-0.3, -0.25) is 0 Å². The molecule has 0 saturated carbocycles. The number of nitrogen functional groups attached to an aromatic ring is 1. The number of methoxy groups -OCH3 is 3. The second kappa shape index (κ2) is 9.87. The van der Waals surface area contributed by atoms with Crippen LogP contribution in [0, 0.1) is 11.6 Å². The van der Waals surface area contributed by atoms with Crippen molar-refractivity contribution < 1.29 is 27.8 Å². The van der Waals surface area contributed by atoms with Gasteiger partial charge in [-0.25, -0.2) is 18.6 Å². The van der Waals surface area contributed by atoms with Crippen molar-refractivity contribution in [3.63, 3.8) is 0 Å². The number of hydrogen-bond donors (Lipinski definition) is 1. The molecule has 0 bridgehead atoms. The molecule has 0 fully saturated rings. The molecule has 2 aromatic rings. The maximum absolute atomic E-state index is 14.9. The second-order valence-electron chi connectivity index (χ2n) is 5.44. The number of anilines is 1. The number of halogens is 2. The van der Waals surface area contributed by atoms with Gasteiger partial charge in [0.05, 0.1) is 32.7 Å². The number of aliphatic imine (C=N–C) groups is 2. The van der Waals surface area contributed by atoms with Gasteiger partial charge in [-0.1, -0.05) is 0 Å². The fourth-order valence-electron chi connectivity index (χ4n) is 2.30. The fraction of sp³-hybridized carbons (Fsp3) is 0.211. The Labute approximate surface area is 170 Å². The maximum Gasteiger partial charge on any atom is 0.434 e. The van der Waals surface area contributed by atoms with Gasteiger partial charge in [-0.2, -0.15) is 4.99 Å². The van der Waals surface area contributed by atoms with Crippen molar-refractivity contribution in [2.24, 2.45) is 9.98 Å². The first-order valence-corrected chi connectivity index (χ1v) is 9.33. The third-order valence-corrected chi connectivity index (χ3v) is 4.39. The monoisotopic (exact) mass is 423 g/mol. The minimum atomic E-state index is -0.897. The summed E-state index contributed by atoms with van der Waals surface area (Å²) >= 11 is 1.04. The summed E-state index contributed by atoms with van der Waals surface area (Å²) in [4.78, 5) is 19.8. The van der Waals surface area contributed by atoms with Gasteiger partial charge in [0.15, 0.2) is 11.5 Å². The van der Waals surface area contributed by atoms with Gasteiger partial charge in [-0.05, 0) is 24.5 Å². The number of carbonyl (C=O) groups excluding carboxylic acids is 1. The van der Waals surface area contributed by atoms with Crippen molar-refractivity contribution in [2.75, 3.05) is 33.3 Å². The number of ether oxygens (including phenoxy) is 3. The molecule has 0 unspecified atom stereocenters. The minimum Gasteiger partial charge on any atom is -0.493 e. The van der Waals surface area contributed by atoms with Crippen LogP contribution in [0.15, 0.2) is 40.3 Å². The van der Waals surface area contributed by atoms with E-state index in [-0.39, 0.29) is 39.2 Å². The van der Waals surface area contributed by atoms with Crippen molar-refractivity contribution in [1.29, 1.82) is 0 Å². The van der Waals surface area contributed by atoms with Gasteiger partial charge >= 0.3 is 6.09 Å². The van der Waals surface area contributed by atoms with E-state index in [4.69, 9.17) is 15.2 Å². The van der Waals surface area contributed by atoms with Crippen molar-refractivity contribution in [1.82, 2.24) is 0 Å². The lowest BCUT2D eigenvalue weighted by atomic mass is 10.1. The smallest absolute Gasteiger partial charge is 0.434 e. The summed E-state index contributed by atoms with van der Waals surface area (Å²) in [6, 6.07) is 6.33. The molecule has 154 valence electrons. The highest BCUT2D eigenvalue weighted by Gasteiger charge is 2.21. The number of rotatable bonds is 5. The molecule has 0 radical (unpaired) electrons. The molecule has 29 heavy (non-hydrogen) atoms. The zero-order valence-corrected chi connectivity index (χ0v) is 17.0. The van der Waals surface area contributed by atoms with E-state index in [1.54, 1.807) is 6.26 Å². The van der Waals surface area contributed by atoms with Crippen molar-refractivity contribution >= 4 is 40.0 Å². The fourth-order valence-corrected chi connectivity index (χ4v) is 2.81. The highest BCUT2D eigenvalue weighted by molar-refractivity contribution is 8.15. The molecule has 0 aliphatic heterocycles. The van der Waals surface area contributed by atoms with E-state index in [1.165, 1.54) is 32.4 Å². The second-order valence-corrected chi connectivity index (χ2v) is 6.24. The van der Waals surface area contributed by atoms with Gasteiger partial charge in [0.25, 0.3) is 0 Å². The lowest BCUT2D eigenvalue weighted by molar-refractivity contribution is 0.183. The zero-order chi connectivity index (χ0) is 21.6. The lowest BCUT2D eigenvalue weighted by Gasteiger charge is -2.13. The molecule has 10 heteroatoms. The maximum atomic E-state index is 14.9. The van der Waals surface area contributed by atoms with E-state index in [1.807, 2.05) is 0 Å². The number of nitrogens with two attached hydrogens (primary N) is 1. The Kier molecular flexibility index (Phi) is 7.54. The van der Waals surface area contributed by atoms with Gasteiger partial charge in [0.1, 0.15) is 22.4 Å². The molecule has 0 heterocycles. The quantitative estimate of drug-likeness (QED) is 0.440. The molecule has 0 aliphatic carbocycles. The summed E-state index contributed by atoms with van der Waals surface area (Å²) in [5.41, 5.74) is 5.52. The highest BCUT2D eigenvalue weighted by Crippen LogP contribution is 2.32. The van der Waals surface area contributed by atoms with E-state index in [9.17, 15) is 13.6 Å². The molecule has 7 nitrogen and oxygen atoms in total. The first-order chi connectivity index (χ1) is 13.8. The van der Waals surface area contributed by atoms with Gasteiger partial charge < -0.3 is 19.9 Å². The number of hydrogen-bond acceptors (Lipinski definition) is 7. The van der Waals surface area contributed by atoms with E-state index in [2.05, 4.69) is 14.7 Å². The molecule has 0 aliphatic rings. The van der Waals surface area contributed by atoms with Crippen LogP contribution >= 0.6 is 11.8 Å². The number of nitrogens with zero attached hydrogens (tertiary/aromatic N) is 2. The molecule has 2 N–H and O–H groups in total. The Balaban J connectivity index is 2.76. The third-order valence-electron chi connectivity index (χ3n) is 3.72. The predicted octanol–water partition coefficient (Wildman–Crippen LogP) is 4.21. The van der Waals surface area contributed by atoms with Crippen molar-refractivity contribution in [3.8, 4) is 11.5 Å². The number of thioether (sulfide) groups is 1. The predicted molar refractivity (Wildman–Crippen MR) is 110 cm³/mol. The first kappa shape index (κ1) is 22.2. The summed E-state index contributed by atoms with van der Waals surface area (Å²) in [7, 11) is 3.92. The van der Waals surface area contributed by atoms with Gasteiger partial charge in [0.2, 0.25) is 0 Å². The molecule has 2 rings (SSSR count). The molecule has 1 amide bonds. The summed E-state index contributed by atoms with van der Waals surface area (Å²) in [6.45, 7) is 0. The summed E-state index contributed by atoms with van der Waals surface area (Å²) in [5.74, 6) is -0.987. The van der Waals surface area contributed by atoms with Crippen LogP contribution in [0.1, 0.15) is 5.56 Å². The number of carbonyl (C=O) groups is 1. The third kappa shape index (κ3) is 5.23. The standard InChI is InChI=1S/C19H19F2N3O4S/c1-26-15-8-11(12(20)9-16(15)27-2)17(18(29-4)24-19(25)28-3)23-10-5-6-14(22)13(21)7-10/h5-9H,22H2,1-4H3/b23-17+,24-18-. The van der Waals surface area contributed by atoms with Gasteiger partial charge in [-0.15, -0.1) is 11.8 Å². The molecular weight excluding hydrogens is 404 g/mol.